The summed E-state index contributed by atoms with van der Waals surface area (Å²) < 4.78 is 4.92. The van der Waals surface area contributed by atoms with Crippen molar-refractivity contribution in [2.24, 2.45) is 4.99 Å². The predicted molar refractivity (Wildman–Crippen MR) is 87.3 cm³/mol. The highest BCUT2D eigenvalue weighted by molar-refractivity contribution is 6.13. The summed E-state index contributed by atoms with van der Waals surface area (Å²) in [7, 11) is 0. The number of hydrogen-bond acceptors (Lipinski definition) is 3. The monoisotopic (exact) mass is 303 g/mol. The van der Waals surface area contributed by atoms with Crippen LogP contribution in [0.5, 0.6) is 0 Å². The van der Waals surface area contributed by atoms with Gasteiger partial charge in [-0.05, 0) is 6.92 Å². The molecule has 4 heteroatoms. The van der Waals surface area contributed by atoms with Crippen LogP contribution in [0, 0.1) is 0 Å². The van der Waals surface area contributed by atoms with Crippen molar-refractivity contribution in [3.05, 3.63) is 71.8 Å². The summed E-state index contributed by atoms with van der Waals surface area (Å²) in [5, 5.41) is 0. The number of nitrogens with zero attached hydrogens (tertiary/aromatic N) is 1. The van der Waals surface area contributed by atoms with Gasteiger partial charge >= 0.3 is 5.97 Å². The molecule has 0 heterocycles. The molecule has 0 atom stereocenters. The van der Waals surface area contributed by atoms with Crippen LogP contribution in [0.1, 0.15) is 18.1 Å². The van der Waals surface area contributed by atoms with Crippen LogP contribution in [0.15, 0.2) is 65.7 Å². The van der Waals surface area contributed by atoms with E-state index in [1.165, 1.54) is 0 Å². The first-order chi connectivity index (χ1) is 9.81. The molecule has 21 heavy (non-hydrogen) atoms. The number of aliphatic imine (C=N–C) groups is 1. The van der Waals surface area contributed by atoms with Crippen LogP contribution in [-0.4, -0.2) is 24.8 Å². The van der Waals surface area contributed by atoms with E-state index in [0.717, 1.165) is 16.8 Å². The Morgan fingerprint density at radius 1 is 0.952 bits per heavy atom. The quantitative estimate of drug-likeness (QED) is 0.626. The first-order valence-corrected chi connectivity index (χ1v) is 6.62. The molecule has 110 valence electrons. The van der Waals surface area contributed by atoms with Crippen molar-refractivity contribution in [2.75, 3.05) is 13.2 Å². The molecular formula is C17H18ClNO2. The highest BCUT2D eigenvalue weighted by atomic mass is 35.5. The molecule has 0 amide bonds. The Hall–Kier alpha value is -2.13. The molecule has 2 rings (SSSR count). The lowest BCUT2D eigenvalue weighted by Crippen LogP contribution is -2.11. The Labute approximate surface area is 131 Å². The van der Waals surface area contributed by atoms with E-state index < -0.39 is 0 Å². The number of rotatable bonds is 5. The zero-order valence-corrected chi connectivity index (χ0v) is 12.7. The van der Waals surface area contributed by atoms with Crippen molar-refractivity contribution >= 4 is 24.1 Å². The molecule has 0 N–H and O–H groups in total. The number of carbonyl (C=O) groups excluding carboxylic acids is 1. The molecule has 3 nitrogen and oxygen atoms in total. The third kappa shape index (κ3) is 5.04. The second-order valence-electron chi connectivity index (χ2n) is 4.20. The zero-order valence-electron chi connectivity index (χ0n) is 11.9. The van der Waals surface area contributed by atoms with Gasteiger partial charge in [-0.2, -0.15) is 0 Å². The third-order valence-corrected chi connectivity index (χ3v) is 2.77. The molecule has 0 saturated carbocycles. The lowest BCUT2D eigenvalue weighted by Gasteiger charge is -2.07. The normalized spacial score (nSPS) is 9.38. The van der Waals surface area contributed by atoms with Crippen LogP contribution in [0.2, 0.25) is 0 Å². The van der Waals surface area contributed by atoms with Crippen LogP contribution in [-0.2, 0) is 9.53 Å². The molecule has 0 radical (unpaired) electrons. The van der Waals surface area contributed by atoms with Crippen LogP contribution in [0.4, 0.5) is 0 Å². The van der Waals surface area contributed by atoms with Crippen LogP contribution >= 0.6 is 12.4 Å². The number of halogens is 1. The van der Waals surface area contributed by atoms with Gasteiger partial charge in [0.15, 0.2) is 0 Å². The number of carbonyl (C=O) groups is 1. The van der Waals surface area contributed by atoms with E-state index in [9.17, 15) is 4.79 Å². The Kier molecular flexibility index (Phi) is 7.19. The number of esters is 1. The summed E-state index contributed by atoms with van der Waals surface area (Å²) >= 11 is 0. The van der Waals surface area contributed by atoms with E-state index in [0.29, 0.717) is 6.61 Å². The molecule has 0 aromatic heterocycles. The van der Waals surface area contributed by atoms with Crippen LogP contribution < -0.4 is 0 Å². The molecule has 0 bridgehead atoms. The topological polar surface area (TPSA) is 38.7 Å². The maximum absolute atomic E-state index is 11.5. The van der Waals surface area contributed by atoms with Gasteiger partial charge in [0.1, 0.15) is 6.54 Å². The van der Waals surface area contributed by atoms with E-state index in [-0.39, 0.29) is 24.9 Å². The summed E-state index contributed by atoms with van der Waals surface area (Å²) in [4.78, 5) is 15.9. The summed E-state index contributed by atoms with van der Waals surface area (Å²) in [5.41, 5.74) is 2.78. The van der Waals surface area contributed by atoms with Crippen molar-refractivity contribution in [2.45, 2.75) is 6.92 Å². The molecular weight excluding hydrogens is 286 g/mol. The van der Waals surface area contributed by atoms with Gasteiger partial charge in [0.05, 0.1) is 12.3 Å². The zero-order chi connectivity index (χ0) is 14.2. The molecule has 0 aliphatic rings. The molecule has 0 aliphatic carbocycles. The fourth-order valence-electron chi connectivity index (χ4n) is 1.89. The van der Waals surface area contributed by atoms with Gasteiger partial charge in [0, 0.05) is 11.1 Å². The minimum atomic E-state index is -0.308. The first kappa shape index (κ1) is 16.9. The number of benzene rings is 2. The second kappa shape index (κ2) is 8.93. The summed E-state index contributed by atoms with van der Waals surface area (Å²) in [6.07, 6.45) is 0. The van der Waals surface area contributed by atoms with Gasteiger partial charge in [-0.25, -0.2) is 0 Å². The number of ether oxygens (including phenoxy) is 1. The SMILES string of the molecule is CCOC(=O)CN=C(c1ccccc1)c1ccccc1.Cl. The molecule has 0 aliphatic heterocycles. The van der Waals surface area contributed by atoms with Crippen LogP contribution in [0.25, 0.3) is 0 Å². The van der Waals surface area contributed by atoms with E-state index >= 15 is 0 Å². The van der Waals surface area contributed by atoms with Crippen LogP contribution in [0.3, 0.4) is 0 Å². The maximum atomic E-state index is 11.5. The lowest BCUT2D eigenvalue weighted by atomic mass is 10.0. The predicted octanol–water partition coefficient (Wildman–Crippen LogP) is 3.51. The van der Waals surface area contributed by atoms with Gasteiger partial charge in [0.25, 0.3) is 0 Å². The standard InChI is InChI=1S/C17H17NO2.ClH/c1-2-20-16(19)13-18-17(14-9-5-3-6-10-14)15-11-7-4-8-12-15;/h3-12H,2,13H2,1H3;1H. The van der Waals surface area contributed by atoms with Crippen molar-refractivity contribution in [3.8, 4) is 0 Å². The Morgan fingerprint density at radius 3 is 1.86 bits per heavy atom. The van der Waals surface area contributed by atoms with Crippen molar-refractivity contribution in [1.82, 2.24) is 0 Å². The van der Waals surface area contributed by atoms with Gasteiger partial charge in [-0.3, -0.25) is 9.79 Å². The second-order valence-corrected chi connectivity index (χ2v) is 4.20. The molecule has 0 unspecified atom stereocenters. The lowest BCUT2D eigenvalue weighted by molar-refractivity contribution is -0.141. The van der Waals surface area contributed by atoms with E-state index in [1.807, 2.05) is 60.7 Å². The minimum absolute atomic E-state index is 0. The first-order valence-electron chi connectivity index (χ1n) is 6.62. The Morgan fingerprint density at radius 2 is 1.43 bits per heavy atom. The molecule has 0 spiro atoms. The maximum Gasteiger partial charge on any atom is 0.327 e. The molecule has 0 fully saturated rings. The van der Waals surface area contributed by atoms with E-state index in [1.54, 1.807) is 6.92 Å². The molecule has 2 aromatic carbocycles. The summed E-state index contributed by atoms with van der Waals surface area (Å²) in [6, 6.07) is 19.7. The largest absolute Gasteiger partial charge is 0.465 e. The summed E-state index contributed by atoms with van der Waals surface area (Å²) in [6.45, 7) is 2.20. The Bertz CT molecular complexity index is 541. The van der Waals surface area contributed by atoms with E-state index in [4.69, 9.17) is 4.74 Å². The Balaban J connectivity index is 0.00000220. The summed E-state index contributed by atoms with van der Waals surface area (Å²) in [5.74, 6) is -0.308. The van der Waals surface area contributed by atoms with Gasteiger partial charge in [-0.15, -0.1) is 12.4 Å². The molecule has 0 saturated heterocycles. The van der Waals surface area contributed by atoms with Crippen molar-refractivity contribution in [1.29, 1.82) is 0 Å². The van der Waals surface area contributed by atoms with Crippen molar-refractivity contribution < 1.29 is 9.53 Å². The smallest absolute Gasteiger partial charge is 0.327 e. The van der Waals surface area contributed by atoms with E-state index in [2.05, 4.69) is 4.99 Å². The number of hydrogen-bond donors (Lipinski definition) is 0. The average molecular weight is 304 g/mol. The van der Waals surface area contributed by atoms with Gasteiger partial charge in [0.2, 0.25) is 0 Å². The third-order valence-electron chi connectivity index (χ3n) is 2.77. The fraction of sp³-hybridized carbons (Fsp3) is 0.176. The minimum Gasteiger partial charge on any atom is -0.465 e. The highest BCUT2D eigenvalue weighted by Crippen LogP contribution is 2.10. The fourth-order valence-corrected chi connectivity index (χ4v) is 1.89. The van der Waals surface area contributed by atoms with Gasteiger partial charge < -0.3 is 4.74 Å². The molecule has 2 aromatic rings. The highest BCUT2D eigenvalue weighted by Gasteiger charge is 2.07. The van der Waals surface area contributed by atoms with Gasteiger partial charge in [-0.1, -0.05) is 60.7 Å². The average Bonchev–Trinajstić information content (AvgIpc) is 2.50. The van der Waals surface area contributed by atoms with Crippen molar-refractivity contribution in [3.63, 3.8) is 0 Å².